The molecule has 2 aromatic rings. The molecule has 1 aromatic heterocycles. The van der Waals surface area contributed by atoms with Crippen molar-refractivity contribution in [1.82, 2.24) is 4.98 Å². The van der Waals surface area contributed by atoms with E-state index in [0.717, 1.165) is 30.2 Å². The van der Waals surface area contributed by atoms with Gasteiger partial charge in [0.15, 0.2) is 0 Å². The first-order chi connectivity index (χ1) is 12.1. The Hall–Kier alpha value is -3.14. The van der Waals surface area contributed by atoms with E-state index in [0.29, 0.717) is 25.2 Å². The van der Waals surface area contributed by atoms with Crippen LogP contribution in [-0.2, 0) is 6.42 Å². The van der Waals surface area contributed by atoms with E-state index in [2.05, 4.69) is 16.0 Å². The summed E-state index contributed by atoms with van der Waals surface area (Å²) in [4.78, 5) is 19.7. The van der Waals surface area contributed by atoms with Crippen molar-refractivity contribution in [2.45, 2.75) is 13.3 Å². The number of aromatic nitrogens is 1. The first-order valence-electron chi connectivity index (χ1n) is 8.17. The molecular formula is C18H19N5O2. The predicted octanol–water partition coefficient (Wildman–Crippen LogP) is 2.69. The minimum absolute atomic E-state index is 0.144. The molecule has 0 spiro atoms. The Balaban J connectivity index is 1.71. The highest BCUT2D eigenvalue weighted by atomic mass is 16.6. The summed E-state index contributed by atoms with van der Waals surface area (Å²) in [6.45, 7) is 4.81. The molecule has 0 bridgehead atoms. The zero-order valence-electron chi connectivity index (χ0n) is 14.1. The van der Waals surface area contributed by atoms with Gasteiger partial charge in [-0.1, -0.05) is 18.2 Å². The Kier molecular flexibility index (Phi) is 4.80. The average Bonchev–Trinajstić information content (AvgIpc) is 2.63. The lowest BCUT2D eigenvalue weighted by Crippen LogP contribution is -2.47. The molecule has 1 aliphatic heterocycles. The number of pyridine rings is 1. The Morgan fingerprint density at radius 3 is 2.48 bits per heavy atom. The van der Waals surface area contributed by atoms with Crippen LogP contribution < -0.4 is 9.80 Å². The number of rotatable bonds is 4. The molecule has 1 aromatic carbocycles. The van der Waals surface area contributed by atoms with Gasteiger partial charge < -0.3 is 9.80 Å². The highest BCUT2D eigenvalue weighted by Crippen LogP contribution is 2.29. The monoisotopic (exact) mass is 337 g/mol. The number of nitrogens with zero attached hydrogens (tertiary/aromatic N) is 5. The average molecular weight is 337 g/mol. The summed E-state index contributed by atoms with van der Waals surface area (Å²) in [6, 6.07) is 12.9. The van der Waals surface area contributed by atoms with Crippen LogP contribution in [0, 0.1) is 28.4 Å². The van der Waals surface area contributed by atoms with Gasteiger partial charge in [0.1, 0.15) is 11.5 Å². The van der Waals surface area contributed by atoms with Crippen molar-refractivity contribution in [2.24, 2.45) is 0 Å². The number of benzene rings is 1. The molecule has 0 saturated carbocycles. The molecule has 0 radical (unpaired) electrons. The van der Waals surface area contributed by atoms with Crippen molar-refractivity contribution in [3.05, 3.63) is 57.8 Å². The fourth-order valence-corrected chi connectivity index (χ4v) is 3.09. The van der Waals surface area contributed by atoms with E-state index < -0.39 is 0 Å². The number of para-hydroxylation sites is 2. The van der Waals surface area contributed by atoms with Crippen molar-refractivity contribution < 1.29 is 4.92 Å². The van der Waals surface area contributed by atoms with Crippen LogP contribution in [0.1, 0.15) is 11.3 Å². The number of piperazine rings is 1. The van der Waals surface area contributed by atoms with Crippen LogP contribution in [0.25, 0.3) is 0 Å². The molecule has 7 heteroatoms. The fourth-order valence-electron chi connectivity index (χ4n) is 3.09. The van der Waals surface area contributed by atoms with Crippen LogP contribution in [0.5, 0.6) is 0 Å². The van der Waals surface area contributed by atoms with Crippen LogP contribution in [0.3, 0.4) is 0 Å². The molecule has 0 atom stereocenters. The van der Waals surface area contributed by atoms with Crippen LogP contribution in [-0.4, -0.2) is 36.1 Å². The van der Waals surface area contributed by atoms with E-state index in [4.69, 9.17) is 5.26 Å². The van der Waals surface area contributed by atoms with Gasteiger partial charge in [0.2, 0.25) is 0 Å². The predicted molar refractivity (Wildman–Crippen MR) is 95.8 cm³/mol. The normalized spacial score (nSPS) is 14.2. The fraction of sp³-hybridized carbons (Fsp3) is 0.333. The van der Waals surface area contributed by atoms with Gasteiger partial charge >= 0.3 is 0 Å². The van der Waals surface area contributed by atoms with E-state index in [-0.39, 0.29) is 10.6 Å². The van der Waals surface area contributed by atoms with Crippen LogP contribution in [0.15, 0.2) is 36.4 Å². The van der Waals surface area contributed by atoms with Gasteiger partial charge in [0.25, 0.3) is 5.69 Å². The van der Waals surface area contributed by atoms with E-state index in [1.807, 2.05) is 30.0 Å². The molecule has 7 nitrogen and oxygen atoms in total. The Labute approximate surface area is 146 Å². The molecule has 1 fully saturated rings. The summed E-state index contributed by atoms with van der Waals surface area (Å²) in [6.07, 6.45) is 0.366. The van der Waals surface area contributed by atoms with Gasteiger partial charge in [0, 0.05) is 37.9 Å². The second-order valence-corrected chi connectivity index (χ2v) is 5.97. The number of hydrogen-bond acceptors (Lipinski definition) is 6. The van der Waals surface area contributed by atoms with Gasteiger partial charge in [-0.3, -0.25) is 10.1 Å². The number of nitriles is 1. The maximum atomic E-state index is 11.2. The molecule has 3 rings (SSSR count). The van der Waals surface area contributed by atoms with Crippen molar-refractivity contribution in [3.8, 4) is 6.07 Å². The van der Waals surface area contributed by atoms with Crippen molar-refractivity contribution in [1.29, 1.82) is 5.26 Å². The maximum Gasteiger partial charge on any atom is 0.292 e. The Morgan fingerprint density at radius 2 is 1.84 bits per heavy atom. The standard InChI is InChI=1S/C18H19N5O2/c1-14-15(8-9-19)6-7-18(20-14)22-12-10-21(11-13-22)16-4-2-3-5-17(16)23(24)25/h2-7H,8,10-13H2,1H3. The van der Waals surface area contributed by atoms with E-state index >= 15 is 0 Å². The topological polar surface area (TPSA) is 86.3 Å². The van der Waals surface area contributed by atoms with Crippen molar-refractivity contribution >= 4 is 17.2 Å². The molecule has 0 amide bonds. The maximum absolute atomic E-state index is 11.2. The lowest BCUT2D eigenvalue weighted by molar-refractivity contribution is -0.384. The lowest BCUT2D eigenvalue weighted by Gasteiger charge is -2.36. The molecular weight excluding hydrogens is 318 g/mol. The van der Waals surface area contributed by atoms with Gasteiger partial charge in [-0.15, -0.1) is 0 Å². The third-order valence-electron chi connectivity index (χ3n) is 4.47. The summed E-state index contributed by atoms with van der Waals surface area (Å²) in [5.41, 5.74) is 2.64. The first-order valence-corrected chi connectivity index (χ1v) is 8.17. The van der Waals surface area contributed by atoms with Gasteiger partial charge in [-0.05, 0) is 24.6 Å². The van der Waals surface area contributed by atoms with E-state index in [1.54, 1.807) is 18.2 Å². The van der Waals surface area contributed by atoms with E-state index in [1.165, 1.54) is 0 Å². The van der Waals surface area contributed by atoms with Crippen LogP contribution in [0.2, 0.25) is 0 Å². The molecule has 128 valence electrons. The smallest absolute Gasteiger partial charge is 0.292 e. The third-order valence-corrected chi connectivity index (χ3v) is 4.47. The molecule has 0 aliphatic carbocycles. The number of anilines is 2. The van der Waals surface area contributed by atoms with Crippen molar-refractivity contribution in [3.63, 3.8) is 0 Å². The van der Waals surface area contributed by atoms with Gasteiger partial charge in [0.05, 0.1) is 17.4 Å². The molecule has 2 heterocycles. The van der Waals surface area contributed by atoms with Gasteiger partial charge in [-0.25, -0.2) is 4.98 Å². The number of hydrogen-bond donors (Lipinski definition) is 0. The largest absolute Gasteiger partial charge is 0.362 e. The summed E-state index contributed by atoms with van der Waals surface area (Å²) >= 11 is 0. The SMILES string of the molecule is Cc1nc(N2CCN(c3ccccc3[N+](=O)[O-])CC2)ccc1CC#N. The van der Waals surface area contributed by atoms with E-state index in [9.17, 15) is 10.1 Å². The Bertz CT molecular complexity index is 822. The second-order valence-electron chi connectivity index (χ2n) is 5.97. The minimum atomic E-state index is -0.333. The first kappa shape index (κ1) is 16.7. The lowest BCUT2D eigenvalue weighted by atomic mass is 10.1. The summed E-state index contributed by atoms with van der Waals surface area (Å²) in [7, 11) is 0. The number of aryl methyl sites for hydroxylation is 1. The quantitative estimate of drug-likeness (QED) is 0.630. The number of nitro groups is 1. The highest BCUT2D eigenvalue weighted by molar-refractivity contribution is 5.63. The highest BCUT2D eigenvalue weighted by Gasteiger charge is 2.23. The van der Waals surface area contributed by atoms with Gasteiger partial charge in [-0.2, -0.15) is 5.26 Å². The zero-order chi connectivity index (χ0) is 17.8. The van der Waals surface area contributed by atoms with Crippen LogP contribution >= 0.6 is 0 Å². The molecule has 1 aliphatic rings. The Morgan fingerprint density at radius 1 is 1.16 bits per heavy atom. The molecule has 1 saturated heterocycles. The summed E-state index contributed by atoms with van der Waals surface area (Å²) < 4.78 is 0. The second kappa shape index (κ2) is 7.18. The minimum Gasteiger partial charge on any atom is -0.362 e. The molecule has 0 unspecified atom stereocenters. The molecule has 0 N–H and O–H groups in total. The third kappa shape index (κ3) is 3.53. The summed E-state index contributed by atoms with van der Waals surface area (Å²) in [5.74, 6) is 0.890. The van der Waals surface area contributed by atoms with Crippen molar-refractivity contribution in [2.75, 3.05) is 36.0 Å². The van der Waals surface area contributed by atoms with Crippen LogP contribution in [0.4, 0.5) is 17.2 Å². The zero-order valence-corrected chi connectivity index (χ0v) is 14.1. The number of nitro benzene ring substituents is 1. The summed E-state index contributed by atoms with van der Waals surface area (Å²) in [5, 5.41) is 20.0. The molecule has 25 heavy (non-hydrogen) atoms.